The van der Waals surface area contributed by atoms with Gasteiger partial charge in [-0.25, -0.2) is 0 Å². The lowest BCUT2D eigenvalue weighted by Crippen LogP contribution is -2.31. The minimum absolute atomic E-state index is 0.0783. The van der Waals surface area contributed by atoms with Gasteiger partial charge in [-0.2, -0.15) is 0 Å². The Morgan fingerprint density at radius 3 is 2.57 bits per heavy atom. The summed E-state index contributed by atoms with van der Waals surface area (Å²) in [6.07, 6.45) is 0.952. The van der Waals surface area contributed by atoms with Gasteiger partial charge in [0.2, 0.25) is 5.91 Å². The zero-order chi connectivity index (χ0) is 20.1. The first-order valence-electron chi connectivity index (χ1n) is 9.33. The van der Waals surface area contributed by atoms with Crippen molar-refractivity contribution >= 4 is 35.1 Å². The van der Waals surface area contributed by atoms with Gasteiger partial charge in [-0.05, 0) is 30.0 Å². The van der Waals surface area contributed by atoms with Crippen molar-refractivity contribution in [2.75, 3.05) is 11.9 Å². The van der Waals surface area contributed by atoms with E-state index in [1.54, 1.807) is 12.1 Å². The van der Waals surface area contributed by atoms with Crippen LogP contribution in [0.2, 0.25) is 0 Å². The van der Waals surface area contributed by atoms with E-state index in [9.17, 15) is 14.4 Å². The molecule has 5 nitrogen and oxygen atoms in total. The molecule has 28 heavy (non-hydrogen) atoms. The molecule has 3 rings (SSSR count). The smallest absolute Gasteiger partial charge is 0.307 e. The molecule has 1 amide bonds. The molecule has 1 aliphatic rings. The van der Waals surface area contributed by atoms with E-state index in [1.165, 1.54) is 17.3 Å². The summed E-state index contributed by atoms with van der Waals surface area (Å²) in [5, 5.41) is 2.23. The second-order valence-corrected chi connectivity index (χ2v) is 8.06. The fraction of sp³-hybridized carbons (Fsp3) is 0.318. The molecule has 0 aromatic heterocycles. The van der Waals surface area contributed by atoms with E-state index in [0.717, 1.165) is 17.0 Å². The summed E-state index contributed by atoms with van der Waals surface area (Å²) in [7, 11) is 0. The summed E-state index contributed by atoms with van der Waals surface area (Å²) in [6.45, 7) is 3.93. The van der Waals surface area contributed by atoms with E-state index in [0.29, 0.717) is 11.5 Å². The van der Waals surface area contributed by atoms with Crippen molar-refractivity contribution in [3.05, 3.63) is 59.7 Å². The zero-order valence-corrected chi connectivity index (χ0v) is 16.8. The van der Waals surface area contributed by atoms with Gasteiger partial charge >= 0.3 is 5.97 Å². The molecule has 0 aliphatic carbocycles. The molecule has 0 radical (unpaired) electrons. The van der Waals surface area contributed by atoms with E-state index in [1.807, 2.05) is 36.4 Å². The maximum atomic E-state index is 12.3. The number of amides is 1. The maximum Gasteiger partial charge on any atom is 0.307 e. The van der Waals surface area contributed by atoms with Crippen LogP contribution in [-0.4, -0.2) is 29.5 Å². The molecule has 2 aromatic carbocycles. The quantitative estimate of drug-likeness (QED) is 0.553. The average molecular weight is 397 g/mol. The number of hydrogen-bond acceptors (Lipinski definition) is 5. The van der Waals surface area contributed by atoms with Crippen molar-refractivity contribution in [1.82, 2.24) is 0 Å². The fourth-order valence-electron chi connectivity index (χ4n) is 2.90. The highest BCUT2D eigenvalue weighted by Gasteiger charge is 2.29. The Bertz CT molecular complexity index is 878. The second kappa shape index (κ2) is 9.06. The van der Waals surface area contributed by atoms with Crippen LogP contribution in [0.3, 0.4) is 0 Å². The van der Waals surface area contributed by atoms with Crippen LogP contribution < -0.4 is 5.32 Å². The minimum atomic E-state index is -0.563. The number of rotatable bonds is 7. The number of fused-ring (bicyclic) bond motifs is 1. The number of nitrogens with one attached hydrogen (secondary N) is 1. The van der Waals surface area contributed by atoms with Gasteiger partial charge in [-0.15, -0.1) is 11.8 Å². The molecule has 1 heterocycles. The van der Waals surface area contributed by atoms with Crippen molar-refractivity contribution < 1.29 is 19.1 Å². The third-order valence-electron chi connectivity index (χ3n) is 4.84. The first-order valence-corrected chi connectivity index (χ1v) is 10.2. The van der Waals surface area contributed by atoms with E-state index < -0.39 is 11.2 Å². The monoisotopic (exact) mass is 397 g/mol. The molecule has 146 valence electrons. The number of ether oxygens (including phenoxy) is 1. The number of benzene rings is 2. The molecule has 0 saturated heterocycles. The summed E-state index contributed by atoms with van der Waals surface area (Å²) in [5.41, 5.74) is 2.44. The first kappa shape index (κ1) is 20.1. The van der Waals surface area contributed by atoms with Crippen LogP contribution in [0.15, 0.2) is 53.4 Å². The minimum Gasteiger partial charge on any atom is -0.457 e. The molecule has 2 aromatic rings. The summed E-state index contributed by atoms with van der Waals surface area (Å²) in [5.74, 6) is -0.606. The Balaban J connectivity index is 1.51. The van der Waals surface area contributed by atoms with Crippen LogP contribution in [-0.2, 0) is 14.3 Å². The molecule has 0 bridgehead atoms. The number of thioether (sulfide) groups is 1. The standard InChI is InChI=1S/C22H23NO4S/c1-3-14(2)15-8-10-16(11-9-15)18(24)13-27-21(25)12-20-22(26)23-17-6-4-5-7-19(17)28-20/h4-11,14,20H,3,12-13H2,1-2H3,(H,23,26). The van der Waals surface area contributed by atoms with Crippen molar-refractivity contribution in [3.63, 3.8) is 0 Å². The molecule has 1 N–H and O–H groups in total. The van der Waals surface area contributed by atoms with Crippen molar-refractivity contribution in [2.24, 2.45) is 0 Å². The highest BCUT2D eigenvalue weighted by molar-refractivity contribution is 8.01. The number of carbonyl (C=O) groups is 3. The van der Waals surface area contributed by atoms with Crippen LogP contribution in [0.25, 0.3) is 0 Å². The van der Waals surface area contributed by atoms with E-state index in [2.05, 4.69) is 19.2 Å². The number of anilines is 1. The number of para-hydroxylation sites is 1. The average Bonchev–Trinajstić information content (AvgIpc) is 2.72. The van der Waals surface area contributed by atoms with E-state index in [4.69, 9.17) is 4.74 Å². The zero-order valence-electron chi connectivity index (χ0n) is 15.9. The number of Topliss-reactive ketones (excluding diaryl/α,β-unsaturated/α-hetero) is 1. The van der Waals surface area contributed by atoms with Gasteiger partial charge in [-0.1, -0.05) is 50.2 Å². The number of carbonyl (C=O) groups excluding carboxylic acids is 3. The molecular weight excluding hydrogens is 374 g/mol. The molecule has 2 atom stereocenters. The van der Waals surface area contributed by atoms with Gasteiger partial charge < -0.3 is 10.1 Å². The fourth-order valence-corrected chi connectivity index (χ4v) is 4.00. The van der Waals surface area contributed by atoms with Gasteiger partial charge in [0.05, 0.1) is 17.4 Å². The van der Waals surface area contributed by atoms with Crippen LogP contribution >= 0.6 is 11.8 Å². The second-order valence-electron chi connectivity index (χ2n) is 6.81. The van der Waals surface area contributed by atoms with Crippen LogP contribution in [0.1, 0.15) is 48.5 Å². The summed E-state index contributed by atoms with van der Waals surface area (Å²) in [6, 6.07) is 14.8. The predicted molar refractivity (Wildman–Crippen MR) is 110 cm³/mol. The molecule has 2 unspecified atom stereocenters. The summed E-state index contributed by atoms with van der Waals surface area (Å²) in [4.78, 5) is 37.4. The Labute approximate surface area is 168 Å². The number of esters is 1. The van der Waals surface area contributed by atoms with Gasteiger partial charge in [0.1, 0.15) is 0 Å². The first-order chi connectivity index (χ1) is 13.5. The van der Waals surface area contributed by atoms with Gasteiger partial charge in [0, 0.05) is 10.5 Å². The van der Waals surface area contributed by atoms with Crippen LogP contribution in [0.4, 0.5) is 5.69 Å². The topological polar surface area (TPSA) is 72.5 Å². The molecule has 0 saturated carbocycles. The van der Waals surface area contributed by atoms with Gasteiger partial charge in [-0.3, -0.25) is 14.4 Å². The lowest BCUT2D eigenvalue weighted by molar-refractivity contribution is -0.143. The Kier molecular flexibility index (Phi) is 6.52. The van der Waals surface area contributed by atoms with Crippen molar-refractivity contribution in [3.8, 4) is 0 Å². The van der Waals surface area contributed by atoms with E-state index >= 15 is 0 Å². The lowest BCUT2D eigenvalue weighted by atomic mass is 9.97. The van der Waals surface area contributed by atoms with Gasteiger partial charge in [0.25, 0.3) is 0 Å². The maximum absolute atomic E-state index is 12.3. The molecular formula is C22H23NO4S. The normalized spacial score (nSPS) is 16.6. The number of ketones is 1. The SMILES string of the molecule is CCC(C)c1ccc(C(=O)COC(=O)CC2Sc3ccccc3NC2=O)cc1. The molecule has 6 heteroatoms. The number of hydrogen-bond donors (Lipinski definition) is 1. The van der Waals surface area contributed by atoms with E-state index in [-0.39, 0.29) is 24.7 Å². The Morgan fingerprint density at radius 2 is 1.86 bits per heavy atom. The predicted octanol–water partition coefficient (Wildman–Crippen LogP) is 4.43. The molecule has 0 spiro atoms. The Morgan fingerprint density at radius 1 is 1.14 bits per heavy atom. The molecule has 1 aliphatic heterocycles. The highest BCUT2D eigenvalue weighted by Crippen LogP contribution is 2.36. The third kappa shape index (κ3) is 4.81. The Hall–Kier alpha value is -2.60. The van der Waals surface area contributed by atoms with Gasteiger partial charge in [0.15, 0.2) is 12.4 Å². The third-order valence-corrected chi connectivity index (χ3v) is 6.11. The van der Waals surface area contributed by atoms with Crippen LogP contribution in [0.5, 0.6) is 0 Å². The molecule has 0 fully saturated rings. The lowest BCUT2D eigenvalue weighted by Gasteiger charge is -2.23. The van der Waals surface area contributed by atoms with Crippen LogP contribution in [0, 0.1) is 0 Å². The largest absolute Gasteiger partial charge is 0.457 e. The summed E-state index contributed by atoms with van der Waals surface area (Å²) >= 11 is 1.33. The summed E-state index contributed by atoms with van der Waals surface area (Å²) < 4.78 is 5.11. The van der Waals surface area contributed by atoms with Crippen molar-refractivity contribution in [1.29, 1.82) is 0 Å². The van der Waals surface area contributed by atoms with Crippen molar-refractivity contribution in [2.45, 2.75) is 42.8 Å². The highest BCUT2D eigenvalue weighted by atomic mass is 32.2.